The van der Waals surface area contributed by atoms with Crippen LogP contribution < -0.4 is 4.90 Å². The molecule has 128 valence electrons. The minimum absolute atomic E-state index is 0.0566. The van der Waals surface area contributed by atoms with Gasteiger partial charge in [-0.15, -0.1) is 0 Å². The molecule has 1 amide bonds. The molecule has 0 unspecified atom stereocenters. The van der Waals surface area contributed by atoms with Gasteiger partial charge in [0.15, 0.2) is 0 Å². The molecule has 3 nitrogen and oxygen atoms in total. The van der Waals surface area contributed by atoms with Crippen LogP contribution in [-0.4, -0.2) is 31.4 Å². The molecule has 0 saturated carbocycles. The lowest BCUT2D eigenvalue weighted by molar-refractivity contribution is -0.128. The lowest BCUT2D eigenvalue weighted by atomic mass is 10.1. The first-order chi connectivity index (χ1) is 12.0. The quantitative estimate of drug-likeness (QED) is 0.701. The van der Waals surface area contributed by atoms with E-state index in [1.807, 2.05) is 30.1 Å². The highest BCUT2D eigenvalue weighted by Crippen LogP contribution is 2.21. The summed E-state index contributed by atoms with van der Waals surface area (Å²) in [5.41, 5.74) is 1.50. The summed E-state index contributed by atoms with van der Waals surface area (Å²) < 4.78 is 13.7. The van der Waals surface area contributed by atoms with Gasteiger partial charge in [-0.25, -0.2) is 4.39 Å². The second-order valence-electron chi connectivity index (χ2n) is 6.23. The molecule has 0 radical (unpaired) electrons. The summed E-state index contributed by atoms with van der Waals surface area (Å²) >= 11 is 0. The molecular formula is C21H21FN2O. The van der Waals surface area contributed by atoms with E-state index in [1.165, 1.54) is 11.5 Å². The van der Waals surface area contributed by atoms with Gasteiger partial charge in [0.25, 0.3) is 0 Å². The van der Waals surface area contributed by atoms with Crippen molar-refractivity contribution >= 4 is 22.4 Å². The summed E-state index contributed by atoms with van der Waals surface area (Å²) in [7, 11) is 3.59. The molecular weight excluding hydrogens is 315 g/mol. The summed E-state index contributed by atoms with van der Waals surface area (Å²) in [5, 5.41) is 2.31. The third-order valence-corrected chi connectivity index (χ3v) is 4.34. The van der Waals surface area contributed by atoms with Crippen LogP contribution in [0.15, 0.2) is 66.7 Å². The number of rotatable bonds is 5. The van der Waals surface area contributed by atoms with E-state index in [-0.39, 0.29) is 24.8 Å². The fourth-order valence-corrected chi connectivity index (χ4v) is 2.80. The van der Waals surface area contributed by atoms with Crippen LogP contribution in [0.4, 0.5) is 10.1 Å². The fraction of sp³-hybridized carbons (Fsp3) is 0.190. The predicted molar refractivity (Wildman–Crippen MR) is 100 cm³/mol. The molecule has 3 rings (SSSR count). The topological polar surface area (TPSA) is 23.6 Å². The van der Waals surface area contributed by atoms with Gasteiger partial charge < -0.3 is 9.80 Å². The second kappa shape index (κ2) is 7.34. The van der Waals surface area contributed by atoms with Crippen molar-refractivity contribution in [3.8, 4) is 0 Å². The zero-order valence-corrected chi connectivity index (χ0v) is 14.4. The van der Waals surface area contributed by atoms with Crippen LogP contribution in [0.25, 0.3) is 10.8 Å². The van der Waals surface area contributed by atoms with E-state index in [4.69, 9.17) is 0 Å². The number of amides is 1. The Morgan fingerprint density at radius 2 is 1.60 bits per heavy atom. The van der Waals surface area contributed by atoms with Crippen molar-refractivity contribution in [2.24, 2.45) is 0 Å². The lowest BCUT2D eigenvalue weighted by Crippen LogP contribution is -2.36. The van der Waals surface area contributed by atoms with Crippen LogP contribution in [0.3, 0.4) is 0 Å². The number of halogens is 1. The second-order valence-corrected chi connectivity index (χ2v) is 6.23. The molecule has 0 aliphatic rings. The Balaban J connectivity index is 1.67. The molecule has 3 aromatic carbocycles. The normalized spacial score (nSPS) is 10.7. The van der Waals surface area contributed by atoms with Gasteiger partial charge >= 0.3 is 0 Å². The standard InChI is InChI=1S/C21H21FN2O/c1-23(19-12-11-16-7-3-4-8-17(16)13-19)15-21(25)24(2)14-18-9-5-6-10-20(18)22/h3-13H,14-15H2,1-2H3. The minimum Gasteiger partial charge on any atom is -0.365 e. The van der Waals surface area contributed by atoms with E-state index in [9.17, 15) is 9.18 Å². The highest BCUT2D eigenvalue weighted by Gasteiger charge is 2.14. The van der Waals surface area contributed by atoms with Crippen LogP contribution in [-0.2, 0) is 11.3 Å². The Hall–Kier alpha value is -2.88. The maximum absolute atomic E-state index is 13.7. The SMILES string of the molecule is CN(Cc1ccccc1F)C(=O)CN(C)c1ccc2ccccc2c1. The third kappa shape index (κ3) is 3.97. The van der Waals surface area contributed by atoms with Gasteiger partial charge in [-0.05, 0) is 29.0 Å². The number of fused-ring (bicyclic) bond motifs is 1. The number of carbonyl (C=O) groups excluding carboxylic acids is 1. The molecule has 4 heteroatoms. The first kappa shape index (κ1) is 17.0. The van der Waals surface area contributed by atoms with Crippen molar-refractivity contribution in [3.05, 3.63) is 78.1 Å². The van der Waals surface area contributed by atoms with Crippen LogP contribution in [0.1, 0.15) is 5.56 Å². The van der Waals surface area contributed by atoms with Crippen molar-refractivity contribution in [2.75, 3.05) is 25.5 Å². The minimum atomic E-state index is -0.287. The molecule has 0 aliphatic heterocycles. The smallest absolute Gasteiger partial charge is 0.242 e. The molecule has 0 saturated heterocycles. The van der Waals surface area contributed by atoms with E-state index in [0.29, 0.717) is 5.56 Å². The summed E-state index contributed by atoms with van der Waals surface area (Å²) in [4.78, 5) is 15.9. The monoisotopic (exact) mass is 336 g/mol. The average Bonchev–Trinajstić information content (AvgIpc) is 2.63. The zero-order chi connectivity index (χ0) is 17.8. The molecule has 0 fully saturated rings. The molecule has 0 heterocycles. The predicted octanol–water partition coefficient (Wildman–Crippen LogP) is 4.07. The number of hydrogen-bond acceptors (Lipinski definition) is 2. The van der Waals surface area contributed by atoms with Gasteiger partial charge in [-0.1, -0.05) is 48.5 Å². The Morgan fingerprint density at radius 1 is 0.920 bits per heavy atom. The van der Waals surface area contributed by atoms with E-state index in [2.05, 4.69) is 24.3 Å². The van der Waals surface area contributed by atoms with Crippen LogP contribution in [0.5, 0.6) is 0 Å². The number of hydrogen-bond donors (Lipinski definition) is 0. The van der Waals surface area contributed by atoms with Gasteiger partial charge in [-0.3, -0.25) is 4.79 Å². The van der Waals surface area contributed by atoms with Gasteiger partial charge in [0.2, 0.25) is 5.91 Å². The first-order valence-electron chi connectivity index (χ1n) is 8.22. The molecule has 0 atom stereocenters. The molecule has 0 spiro atoms. The summed E-state index contributed by atoms with van der Waals surface area (Å²) in [6, 6.07) is 20.8. The number of nitrogens with zero attached hydrogens (tertiary/aromatic N) is 2. The molecule has 0 bridgehead atoms. The van der Waals surface area contributed by atoms with E-state index in [0.717, 1.165) is 11.1 Å². The molecule has 0 N–H and O–H groups in total. The maximum atomic E-state index is 13.7. The highest BCUT2D eigenvalue weighted by atomic mass is 19.1. The van der Waals surface area contributed by atoms with Crippen molar-refractivity contribution in [3.63, 3.8) is 0 Å². The summed E-state index contributed by atoms with van der Waals surface area (Å²) in [5.74, 6) is -0.344. The highest BCUT2D eigenvalue weighted by molar-refractivity contribution is 5.87. The molecule has 0 aromatic heterocycles. The van der Waals surface area contributed by atoms with Gasteiger partial charge in [-0.2, -0.15) is 0 Å². The van der Waals surface area contributed by atoms with E-state index in [1.54, 1.807) is 30.1 Å². The van der Waals surface area contributed by atoms with Crippen molar-refractivity contribution < 1.29 is 9.18 Å². The van der Waals surface area contributed by atoms with Crippen LogP contribution >= 0.6 is 0 Å². The Kier molecular flexibility index (Phi) is 4.98. The Labute approximate surface area is 147 Å². The van der Waals surface area contributed by atoms with Crippen molar-refractivity contribution in [1.82, 2.24) is 4.90 Å². The van der Waals surface area contributed by atoms with Gasteiger partial charge in [0.05, 0.1) is 6.54 Å². The molecule has 3 aromatic rings. The van der Waals surface area contributed by atoms with E-state index < -0.39 is 0 Å². The Bertz CT molecular complexity index is 894. The largest absolute Gasteiger partial charge is 0.365 e. The van der Waals surface area contributed by atoms with Crippen molar-refractivity contribution in [1.29, 1.82) is 0 Å². The maximum Gasteiger partial charge on any atom is 0.242 e. The fourth-order valence-electron chi connectivity index (χ4n) is 2.80. The third-order valence-electron chi connectivity index (χ3n) is 4.34. The van der Waals surface area contributed by atoms with Gasteiger partial charge in [0.1, 0.15) is 5.82 Å². The molecule has 25 heavy (non-hydrogen) atoms. The first-order valence-corrected chi connectivity index (χ1v) is 8.22. The number of benzene rings is 3. The Morgan fingerprint density at radius 3 is 2.36 bits per heavy atom. The molecule has 0 aliphatic carbocycles. The number of anilines is 1. The number of likely N-dealkylation sites (N-methyl/N-ethyl adjacent to an activating group) is 2. The van der Waals surface area contributed by atoms with Gasteiger partial charge in [0, 0.05) is 31.9 Å². The zero-order valence-electron chi connectivity index (χ0n) is 14.4. The summed E-state index contributed by atoms with van der Waals surface area (Å²) in [6.07, 6.45) is 0. The average molecular weight is 336 g/mol. The number of carbonyl (C=O) groups is 1. The van der Waals surface area contributed by atoms with E-state index >= 15 is 0 Å². The summed E-state index contributed by atoms with van der Waals surface area (Å²) in [6.45, 7) is 0.500. The van der Waals surface area contributed by atoms with Crippen LogP contribution in [0, 0.1) is 5.82 Å². The van der Waals surface area contributed by atoms with Crippen molar-refractivity contribution in [2.45, 2.75) is 6.54 Å². The van der Waals surface area contributed by atoms with Crippen LogP contribution in [0.2, 0.25) is 0 Å². The lowest BCUT2D eigenvalue weighted by Gasteiger charge is -2.24.